The highest BCUT2D eigenvalue weighted by Crippen LogP contribution is 2.48. The van der Waals surface area contributed by atoms with E-state index in [1.165, 1.54) is 0 Å². The fraction of sp³-hybridized carbons (Fsp3) is 0.900. The van der Waals surface area contributed by atoms with Crippen LogP contribution in [0, 0.1) is 0 Å². The largest absolute Gasteiger partial charge is 0.444 e. The van der Waals surface area contributed by atoms with Gasteiger partial charge in [0, 0.05) is 50.8 Å². The molecule has 0 aliphatic carbocycles. The SMILES string of the molecule is CC(C)(C)OC(=O)N1CC[PH](=O)CC1.CCOP1(=O)CCN(C(=O)OC(C)(C)C)CC1. The Balaban J connectivity index is 0.000000316. The summed E-state index contributed by atoms with van der Waals surface area (Å²) < 4.78 is 39.0. The zero-order valence-corrected chi connectivity index (χ0v) is 22.0. The highest BCUT2D eigenvalue weighted by atomic mass is 31.2. The van der Waals surface area contributed by atoms with Crippen LogP contribution in [-0.2, 0) is 23.1 Å². The van der Waals surface area contributed by atoms with Gasteiger partial charge >= 0.3 is 12.2 Å². The second-order valence-electron chi connectivity index (χ2n) is 9.65. The Morgan fingerprint density at radius 3 is 1.58 bits per heavy atom. The molecule has 11 heteroatoms. The molecule has 2 saturated heterocycles. The molecule has 0 spiro atoms. The van der Waals surface area contributed by atoms with Crippen LogP contribution in [0.25, 0.3) is 0 Å². The van der Waals surface area contributed by atoms with Crippen molar-refractivity contribution in [1.29, 1.82) is 0 Å². The van der Waals surface area contributed by atoms with Gasteiger partial charge in [-0.3, -0.25) is 4.57 Å². The fourth-order valence-electron chi connectivity index (χ4n) is 2.91. The minimum Gasteiger partial charge on any atom is -0.444 e. The molecule has 0 aromatic carbocycles. The van der Waals surface area contributed by atoms with Crippen molar-refractivity contribution in [3.8, 4) is 0 Å². The van der Waals surface area contributed by atoms with Crippen LogP contribution in [0.4, 0.5) is 9.59 Å². The topological polar surface area (TPSA) is 102 Å². The van der Waals surface area contributed by atoms with Crippen LogP contribution >= 0.6 is 15.2 Å². The van der Waals surface area contributed by atoms with Crippen LogP contribution in [0.15, 0.2) is 0 Å². The summed E-state index contributed by atoms with van der Waals surface area (Å²) in [7, 11) is -3.89. The van der Waals surface area contributed by atoms with E-state index in [0.717, 1.165) is 0 Å². The van der Waals surface area contributed by atoms with E-state index in [0.29, 0.717) is 57.4 Å². The molecule has 0 bridgehead atoms. The smallest absolute Gasteiger partial charge is 0.410 e. The quantitative estimate of drug-likeness (QED) is 0.539. The van der Waals surface area contributed by atoms with E-state index in [1.54, 1.807) is 9.80 Å². The molecular formula is C20H40N2O7P2. The summed E-state index contributed by atoms with van der Waals surface area (Å²) in [6, 6.07) is 0. The Bertz CT molecular complexity index is 664. The lowest BCUT2D eigenvalue weighted by atomic mass is 10.2. The van der Waals surface area contributed by atoms with E-state index in [2.05, 4.69) is 0 Å². The van der Waals surface area contributed by atoms with Crippen molar-refractivity contribution < 1.29 is 32.7 Å². The van der Waals surface area contributed by atoms with Crippen molar-refractivity contribution in [3.63, 3.8) is 0 Å². The number of nitrogens with zero attached hydrogens (tertiary/aromatic N) is 2. The molecule has 182 valence electrons. The third kappa shape index (κ3) is 11.4. The van der Waals surface area contributed by atoms with Crippen LogP contribution in [0.5, 0.6) is 0 Å². The number of carbonyl (C=O) groups is 2. The maximum Gasteiger partial charge on any atom is 0.410 e. The molecule has 0 aromatic heterocycles. The minimum atomic E-state index is -2.49. The van der Waals surface area contributed by atoms with E-state index >= 15 is 0 Å². The first-order valence-corrected chi connectivity index (χ1v) is 14.7. The molecule has 0 atom stereocenters. The van der Waals surface area contributed by atoms with Crippen LogP contribution < -0.4 is 0 Å². The summed E-state index contributed by atoms with van der Waals surface area (Å²) in [5.41, 5.74) is -0.933. The lowest BCUT2D eigenvalue weighted by Crippen LogP contribution is -2.42. The average molecular weight is 482 g/mol. The van der Waals surface area contributed by atoms with E-state index in [1.807, 2.05) is 48.5 Å². The van der Waals surface area contributed by atoms with Gasteiger partial charge in [-0.1, -0.05) is 0 Å². The lowest BCUT2D eigenvalue weighted by molar-refractivity contribution is 0.0253. The highest BCUT2D eigenvalue weighted by Gasteiger charge is 2.33. The minimum absolute atomic E-state index is 0.285. The normalized spacial score (nSPS) is 19.8. The number of hydrogen-bond acceptors (Lipinski definition) is 7. The standard InChI is InChI=1S/C11H22NO4P.C9H18NO3P/c1-5-15-17(14)8-6-12(7-9-17)10(13)16-11(2,3)4;1-9(2,3)13-8(11)10-4-6-14(12)7-5-10/h5-9H2,1-4H3;14H,4-7H2,1-3H3. The van der Waals surface area contributed by atoms with Crippen LogP contribution in [0.3, 0.4) is 0 Å². The third-order valence-corrected chi connectivity index (χ3v) is 8.46. The van der Waals surface area contributed by atoms with Gasteiger partial charge in [-0.15, -0.1) is 0 Å². The van der Waals surface area contributed by atoms with E-state index < -0.39 is 26.4 Å². The van der Waals surface area contributed by atoms with Gasteiger partial charge < -0.3 is 28.4 Å². The Morgan fingerprint density at radius 2 is 1.23 bits per heavy atom. The van der Waals surface area contributed by atoms with Gasteiger partial charge in [0.25, 0.3) is 0 Å². The summed E-state index contributed by atoms with van der Waals surface area (Å²) in [4.78, 5) is 26.5. The van der Waals surface area contributed by atoms with Crippen LogP contribution in [-0.4, -0.2) is 90.6 Å². The summed E-state index contributed by atoms with van der Waals surface area (Å²) in [5.74, 6) is 0. The highest BCUT2D eigenvalue weighted by molar-refractivity contribution is 7.59. The summed E-state index contributed by atoms with van der Waals surface area (Å²) in [6.07, 6.45) is 1.53. The first-order chi connectivity index (χ1) is 14.1. The molecule has 2 amide bonds. The van der Waals surface area contributed by atoms with Gasteiger partial charge in [-0.2, -0.15) is 0 Å². The van der Waals surface area contributed by atoms with Gasteiger partial charge in [-0.05, 0) is 48.5 Å². The summed E-state index contributed by atoms with van der Waals surface area (Å²) >= 11 is 0. The molecule has 0 aromatic rings. The van der Waals surface area contributed by atoms with Crippen molar-refractivity contribution in [2.75, 3.05) is 57.4 Å². The number of carbonyl (C=O) groups excluding carboxylic acids is 2. The molecule has 0 radical (unpaired) electrons. The van der Waals surface area contributed by atoms with E-state index in [9.17, 15) is 18.7 Å². The molecule has 0 unspecified atom stereocenters. The van der Waals surface area contributed by atoms with Crippen LogP contribution in [0.1, 0.15) is 48.5 Å². The predicted octanol–water partition coefficient (Wildman–Crippen LogP) is 4.35. The number of rotatable bonds is 2. The van der Waals surface area contributed by atoms with Crippen molar-refractivity contribution in [2.45, 2.75) is 59.7 Å². The summed E-state index contributed by atoms with van der Waals surface area (Å²) in [6.45, 7) is 15.4. The van der Waals surface area contributed by atoms with Crippen molar-refractivity contribution in [2.24, 2.45) is 0 Å². The van der Waals surface area contributed by atoms with Gasteiger partial charge in [-0.25, -0.2) is 9.59 Å². The molecule has 2 rings (SSSR count). The third-order valence-electron chi connectivity index (χ3n) is 4.41. The molecule has 9 nitrogen and oxygen atoms in total. The molecule has 31 heavy (non-hydrogen) atoms. The molecule has 2 aliphatic rings. The molecule has 2 aliphatic heterocycles. The maximum atomic E-state index is 12.1. The van der Waals surface area contributed by atoms with Crippen molar-refractivity contribution in [1.82, 2.24) is 9.80 Å². The van der Waals surface area contributed by atoms with Crippen LogP contribution in [0.2, 0.25) is 0 Å². The van der Waals surface area contributed by atoms with Gasteiger partial charge in [0.1, 0.15) is 11.2 Å². The van der Waals surface area contributed by atoms with E-state index in [-0.39, 0.29) is 12.2 Å². The fourth-order valence-corrected chi connectivity index (χ4v) is 6.24. The van der Waals surface area contributed by atoms with Gasteiger partial charge in [0.15, 0.2) is 0 Å². The van der Waals surface area contributed by atoms with E-state index in [4.69, 9.17) is 14.0 Å². The first-order valence-electron chi connectivity index (χ1n) is 10.8. The zero-order chi connectivity index (χ0) is 23.9. The Morgan fingerprint density at radius 1 is 0.839 bits per heavy atom. The number of hydrogen-bond donors (Lipinski definition) is 0. The second-order valence-corrected chi connectivity index (χ2v) is 14.5. The number of amides is 2. The second kappa shape index (κ2) is 11.7. The van der Waals surface area contributed by atoms with Crippen molar-refractivity contribution in [3.05, 3.63) is 0 Å². The Hall–Kier alpha value is -1.04. The maximum absolute atomic E-state index is 12.1. The molecular weight excluding hydrogens is 442 g/mol. The molecule has 2 fully saturated rings. The lowest BCUT2D eigenvalue weighted by Gasteiger charge is -2.33. The number of ether oxygens (including phenoxy) is 2. The zero-order valence-electron chi connectivity index (χ0n) is 20.1. The molecule has 2 heterocycles. The predicted molar refractivity (Wildman–Crippen MR) is 123 cm³/mol. The van der Waals surface area contributed by atoms with Gasteiger partial charge in [0.05, 0.1) is 14.4 Å². The molecule has 0 N–H and O–H groups in total. The first kappa shape index (κ1) is 28.0. The monoisotopic (exact) mass is 482 g/mol. The Kier molecular flexibility index (Phi) is 10.6. The van der Waals surface area contributed by atoms with Crippen molar-refractivity contribution >= 4 is 27.4 Å². The summed E-state index contributed by atoms with van der Waals surface area (Å²) in [5, 5.41) is 0. The average Bonchev–Trinajstić information content (AvgIpc) is 2.60. The Labute approximate surface area is 187 Å². The van der Waals surface area contributed by atoms with Gasteiger partial charge in [0.2, 0.25) is 7.37 Å². The molecule has 0 saturated carbocycles.